The van der Waals surface area contributed by atoms with Crippen molar-refractivity contribution < 1.29 is 8.42 Å². The molecule has 0 spiro atoms. The molecule has 2 N–H and O–H groups in total. The summed E-state index contributed by atoms with van der Waals surface area (Å²) in [5.41, 5.74) is 1.34. The van der Waals surface area contributed by atoms with Crippen molar-refractivity contribution in [1.29, 1.82) is 0 Å². The van der Waals surface area contributed by atoms with Crippen LogP contribution >= 0.6 is 0 Å². The van der Waals surface area contributed by atoms with Crippen molar-refractivity contribution in [3.8, 4) is 0 Å². The number of benzene rings is 1. The number of hydrogen-bond acceptors (Lipinski definition) is 5. The van der Waals surface area contributed by atoms with E-state index >= 15 is 0 Å². The highest BCUT2D eigenvalue weighted by Gasteiger charge is 2.09. The van der Waals surface area contributed by atoms with Crippen LogP contribution in [0, 0.1) is 0 Å². The Kier molecular flexibility index (Phi) is 5.10. The average Bonchev–Trinajstić information content (AvgIpc) is 2.48. The fraction of sp³-hybridized carbons (Fsp3) is 0.286. The Morgan fingerprint density at radius 1 is 1.05 bits per heavy atom. The van der Waals surface area contributed by atoms with Crippen LogP contribution in [-0.4, -0.2) is 24.1 Å². The van der Waals surface area contributed by atoms with E-state index in [-0.39, 0.29) is 5.75 Å². The second kappa shape index (κ2) is 7.03. The molecule has 2 aromatic rings. The lowest BCUT2D eigenvalue weighted by atomic mass is 10.3. The third-order valence-corrected chi connectivity index (χ3v) is 4.12. The van der Waals surface area contributed by atoms with Gasteiger partial charge in [-0.2, -0.15) is 0 Å². The molecule has 6 nitrogen and oxygen atoms in total. The number of anilines is 3. The fourth-order valence-electron chi connectivity index (χ4n) is 1.68. The van der Waals surface area contributed by atoms with Crippen molar-refractivity contribution in [3.05, 3.63) is 42.7 Å². The van der Waals surface area contributed by atoms with E-state index in [4.69, 9.17) is 0 Å². The minimum Gasteiger partial charge on any atom is -0.324 e. The summed E-state index contributed by atoms with van der Waals surface area (Å²) in [5.74, 6) is 0.634. The number of unbranched alkanes of at least 4 members (excludes halogenated alkanes) is 1. The van der Waals surface area contributed by atoms with Crippen LogP contribution in [0.5, 0.6) is 0 Å². The van der Waals surface area contributed by atoms with E-state index < -0.39 is 10.0 Å². The summed E-state index contributed by atoms with van der Waals surface area (Å²) in [4.78, 5) is 8.11. The highest BCUT2D eigenvalue weighted by Crippen LogP contribution is 2.17. The highest BCUT2D eigenvalue weighted by atomic mass is 32.2. The lowest BCUT2D eigenvalue weighted by molar-refractivity contribution is 0.598. The van der Waals surface area contributed by atoms with Gasteiger partial charge < -0.3 is 5.32 Å². The molecule has 2 rings (SSSR count). The van der Waals surface area contributed by atoms with E-state index in [1.54, 1.807) is 42.7 Å². The first-order chi connectivity index (χ1) is 10.1. The van der Waals surface area contributed by atoms with Gasteiger partial charge >= 0.3 is 0 Å². The van der Waals surface area contributed by atoms with Crippen molar-refractivity contribution in [1.82, 2.24) is 9.97 Å². The zero-order valence-electron chi connectivity index (χ0n) is 11.8. The molecule has 0 radical (unpaired) electrons. The van der Waals surface area contributed by atoms with Crippen LogP contribution in [0.3, 0.4) is 0 Å². The Morgan fingerprint density at radius 3 is 2.29 bits per heavy atom. The molecule has 0 aliphatic carbocycles. The Labute approximate surface area is 124 Å². The lowest BCUT2D eigenvalue weighted by Gasteiger charge is -2.09. The standard InChI is InChI=1S/C14H18N4O2S/c1-2-3-11-21(19,20)18-13-7-5-12(6-8-13)17-14-15-9-4-10-16-14/h4-10,18H,2-3,11H2,1H3,(H,15,16,17). The summed E-state index contributed by atoms with van der Waals surface area (Å²) in [6, 6.07) is 8.69. The zero-order chi connectivity index (χ0) is 15.1. The van der Waals surface area contributed by atoms with Gasteiger partial charge in [-0.05, 0) is 36.8 Å². The van der Waals surface area contributed by atoms with Gasteiger partial charge in [0.25, 0.3) is 0 Å². The SMILES string of the molecule is CCCCS(=O)(=O)Nc1ccc(Nc2ncccn2)cc1. The molecule has 1 aromatic heterocycles. The van der Waals surface area contributed by atoms with E-state index in [9.17, 15) is 8.42 Å². The van der Waals surface area contributed by atoms with Crippen LogP contribution in [-0.2, 0) is 10.0 Å². The van der Waals surface area contributed by atoms with E-state index in [0.29, 0.717) is 18.1 Å². The van der Waals surface area contributed by atoms with E-state index in [1.807, 2.05) is 6.92 Å². The predicted molar refractivity (Wildman–Crippen MR) is 84.1 cm³/mol. The highest BCUT2D eigenvalue weighted by molar-refractivity contribution is 7.92. The third kappa shape index (κ3) is 5.03. The molecule has 0 unspecified atom stereocenters. The summed E-state index contributed by atoms with van der Waals surface area (Å²) in [6.45, 7) is 1.96. The van der Waals surface area contributed by atoms with Crippen molar-refractivity contribution >= 4 is 27.3 Å². The van der Waals surface area contributed by atoms with Gasteiger partial charge in [0.15, 0.2) is 0 Å². The molecule has 0 saturated carbocycles. The van der Waals surface area contributed by atoms with Crippen molar-refractivity contribution in [2.24, 2.45) is 0 Å². The number of hydrogen-bond donors (Lipinski definition) is 2. The summed E-state index contributed by atoms with van der Waals surface area (Å²) >= 11 is 0. The zero-order valence-corrected chi connectivity index (χ0v) is 12.6. The normalized spacial score (nSPS) is 11.1. The summed E-state index contributed by atoms with van der Waals surface area (Å²) < 4.78 is 26.1. The van der Waals surface area contributed by atoms with Crippen LogP contribution in [0.4, 0.5) is 17.3 Å². The minimum atomic E-state index is -3.26. The molecule has 1 aromatic carbocycles. The first-order valence-electron chi connectivity index (χ1n) is 6.73. The molecular formula is C14H18N4O2S. The van der Waals surface area contributed by atoms with Crippen LogP contribution < -0.4 is 10.0 Å². The molecule has 1 heterocycles. The first kappa shape index (κ1) is 15.2. The first-order valence-corrected chi connectivity index (χ1v) is 8.39. The molecule has 0 aliphatic heterocycles. The summed E-state index contributed by atoms with van der Waals surface area (Å²) in [5, 5.41) is 3.03. The van der Waals surface area contributed by atoms with Gasteiger partial charge in [-0.1, -0.05) is 13.3 Å². The maximum Gasteiger partial charge on any atom is 0.232 e. The Morgan fingerprint density at radius 2 is 1.67 bits per heavy atom. The van der Waals surface area contributed by atoms with Gasteiger partial charge in [0.1, 0.15) is 0 Å². The molecular weight excluding hydrogens is 288 g/mol. The topological polar surface area (TPSA) is 84.0 Å². The van der Waals surface area contributed by atoms with Crippen molar-refractivity contribution in [2.75, 3.05) is 15.8 Å². The van der Waals surface area contributed by atoms with Crippen LogP contribution in [0.15, 0.2) is 42.7 Å². The molecule has 7 heteroatoms. The van der Waals surface area contributed by atoms with Gasteiger partial charge in [0.05, 0.1) is 5.75 Å². The maximum atomic E-state index is 11.8. The second-order valence-corrected chi connectivity index (χ2v) is 6.39. The smallest absolute Gasteiger partial charge is 0.232 e. The monoisotopic (exact) mass is 306 g/mol. The molecule has 0 saturated heterocycles. The number of sulfonamides is 1. The van der Waals surface area contributed by atoms with Gasteiger partial charge in [-0.25, -0.2) is 18.4 Å². The van der Waals surface area contributed by atoms with Crippen LogP contribution in [0.25, 0.3) is 0 Å². The molecule has 0 bridgehead atoms. The molecule has 0 aliphatic rings. The second-order valence-electron chi connectivity index (χ2n) is 4.55. The quantitative estimate of drug-likeness (QED) is 0.821. The van der Waals surface area contributed by atoms with E-state index in [2.05, 4.69) is 20.0 Å². The lowest BCUT2D eigenvalue weighted by Crippen LogP contribution is -2.16. The summed E-state index contributed by atoms with van der Waals surface area (Å²) in [7, 11) is -3.26. The molecule has 0 fully saturated rings. The maximum absolute atomic E-state index is 11.8. The van der Waals surface area contributed by atoms with Crippen molar-refractivity contribution in [3.63, 3.8) is 0 Å². The molecule has 0 atom stereocenters. The van der Waals surface area contributed by atoms with Crippen LogP contribution in [0.2, 0.25) is 0 Å². The number of nitrogens with zero attached hydrogens (tertiary/aromatic N) is 2. The number of aromatic nitrogens is 2. The van der Waals surface area contributed by atoms with Gasteiger partial charge in [0, 0.05) is 23.8 Å². The van der Waals surface area contributed by atoms with Gasteiger partial charge in [0.2, 0.25) is 16.0 Å². The predicted octanol–water partition coefficient (Wildman–Crippen LogP) is 2.76. The Hall–Kier alpha value is -2.15. The van der Waals surface area contributed by atoms with E-state index in [1.165, 1.54) is 0 Å². The largest absolute Gasteiger partial charge is 0.324 e. The third-order valence-electron chi connectivity index (χ3n) is 2.75. The van der Waals surface area contributed by atoms with Gasteiger partial charge in [-0.15, -0.1) is 0 Å². The molecule has 112 valence electrons. The fourth-order valence-corrected chi connectivity index (χ4v) is 2.95. The molecule has 0 amide bonds. The van der Waals surface area contributed by atoms with E-state index in [0.717, 1.165) is 12.1 Å². The minimum absolute atomic E-state index is 0.140. The van der Waals surface area contributed by atoms with Gasteiger partial charge in [-0.3, -0.25) is 4.72 Å². The van der Waals surface area contributed by atoms with Crippen LogP contribution in [0.1, 0.15) is 19.8 Å². The average molecular weight is 306 g/mol. The number of rotatable bonds is 7. The Balaban J connectivity index is 1.99. The molecule has 21 heavy (non-hydrogen) atoms. The summed E-state index contributed by atoms with van der Waals surface area (Å²) in [6.07, 6.45) is 4.79. The Bertz CT molecular complexity index is 657. The number of nitrogens with one attached hydrogen (secondary N) is 2. The van der Waals surface area contributed by atoms with Crippen molar-refractivity contribution in [2.45, 2.75) is 19.8 Å².